The van der Waals surface area contributed by atoms with Crippen molar-refractivity contribution in [2.75, 3.05) is 0 Å². The van der Waals surface area contributed by atoms with Crippen LogP contribution in [0, 0.1) is 0 Å². The molecule has 0 bridgehead atoms. The average Bonchev–Trinajstić information content (AvgIpc) is 3.80. The Bertz CT molecular complexity index is 3510. The van der Waals surface area contributed by atoms with Gasteiger partial charge in [-0.15, -0.1) is 11.3 Å². The molecule has 314 valence electrons. The molecular formula is C62H40N4S. The molecule has 5 heteroatoms. The van der Waals surface area contributed by atoms with E-state index in [0.29, 0.717) is 11.6 Å². The van der Waals surface area contributed by atoms with Crippen LogP contribution in [0.5, 0.6) is 0 Å². The Kier molecular flexibility index (Phi) is 10.4. The van der Waals surface area contributed by atoms with Crippen molar-refractivity contribution in [1.29, 1.82) is 0 Å². The van der Waals surface area contributed by atoms with Crippen LogP contribution < -0.4 is 0 Å². The molecule has 0 aliphatic carbocycles. The molecule has 3 heterocycles. The molecule has 0 aliphatic rings. The van der Waals surface area contributed by atoms with Crippen LogP contribution in [0.2, 0.25) is 0 Å². The first-order valence-electron chi connectivity index (χ1n) is 22.4. The van der Waals surface area contributed by atoms with Gasteiger partial charge in [-0.3, -0.25) is 0 Å². The Hall–Kier alpha value is -8.64. The Morgan fingerprint density at radius 3 is 1.03 bits per heavy atom. The summed E-state index contributed by atoms with van der Waals surface area (Å²) in [4.78, 5) is 21.1. The smallest absolute Gasteiger partial charge is 0.160 e. The zero-order valence-electron chi connectivity index (χ0n) is 36.3. The Morgan fingerprint density at radius 1 is 0.209 bits per heavy atom. The van der Waals surface area contributed by atoms with Gasteiger partial charge in [-0.05, 0) is 81.9 Å². The first-order chi connectivity index (χ1) is 33.1. The van der Waals surface area contributed by atoms with Gasteiger partial charge in [-0.25, -0.2) is 19.9 Å². The maximum atomic E-state index is 5.34. The fourth-order valence-corrected chi connectivity index (χ4v) is 9.93. The molecule has 12 aromatic rings. The van der Waals surface area contributed by atoms with Crippen LogP contribution in [0.4, 0.5) is 0 Å². The third-order valence-corrected chi connectivity index (χ3v) is 13.5. The molecule has 0 amide bonds. The van der Waals surface area contributed by atoms with Gasteiger partial charge in [0.05, 0.1) is 22.8 Å². The number of nitrogens with zero attached hydrogens (tertiary/aromatic N) is 4. The highest BCUT2D eigenvalue weighted by Gasteiger charge is 2.17. The van der Waals surface area contributed by atoms with Gasteiger partial charge in [0.2, 0.25) is 0 Å². The Morgan fingerprint density at radius 2 is 0.552 bits per heavy atom. The van der Waals surface area contributed by atoms with Crippen molar-refractivity contribution < 1.29 is 0 Å². The van der Waals surface area contributed by atoms with E-state index < -0.39 is 0 Å². The number of rotatable bonds is 9. The minimum Gasteiger partial charge on any atom is -0.228 e. The number of fused-ring (bicyclic) bond motifs is 3. The predicted octanol–water partition coefficient (Wildman–Crippen LogP) is 16.6. The molecule has 0 N–H and O–H groups in total. The van der Waals surface area contributed by atoms with Crippen LogP contribution >= 0.6 is 11.3 Å². The molecule has 0 spiro atoms. The van der Waals surface area contributed by atoms with Gasteiger partial charge in [0, 0.05) is 53.6 Å². The summed E-state index contributed by atoms with van der Waals surface area (Å²) in [6.45, 7) is 0. The quantitative estimate of drug-likeness (QED) is 0.145. The van der Waals surface area contributed by atoms with Crippen molar-refractivity contribution in [1.82, 2.24) is 19.9 Å². The van der Waals surface area contributed by atoms with Gasteiger partial charge in [0.1, 0.15) is 0 Å². The van der Waals surface area contributed by atoms with Crippen molar-refractivity contribution in [3.8, 4) is 101 Å². The normalized spacial score (nSPS) is 11.3. The predicted molar refractivity (Wildman–Crippen MR) is 279 cm³/mol. The maximum Gasteiger partial charge on any atom is 0.160 e. The molecule has 4 nitrogen and oxygen atoms in total. The third-order valence-electron chi connectivity index (χ3n) is 12.3. The first kappa shape index (κ1) is 39.9. The highest BCUT2D eigenvalue weighted by atomic mass is 32.1. The number of aromatic nitrogens is 4. The number of benzene rings is 9. The van der Waals surface area contributed by atoms with E-state index in [9.17, 15) is 0 Å². The van der Waals surface area contributed by atoms with Crippen LogP contribution in [-0.4, -0.2) is 19.9 Å². The third kappa shape index (κ3) is 8.10. The van der Waals surface area contributed by atoms with Crippen molar-refractivity contribution in [2.45, 2.75) is 0 Å². The first-order valence-corrected chi connectivity index (χ1v) is 23.3. The molecule has 0 saturated carbocycles. The summed E-state index contributed by atoms with van der Waals surface area (Å²) < 4.78 is 2.54. The zero-order valence-corrected chi connectivity index (χ0v) is 37.1. The summed E-state index contributed by atoms with van der Waals surface area (Å²) in [5.41, 5.74) is 16.0. The van der Waals surface area contributed by atoms with Gasteiger partial charge >= 0.3 is 0 Å². The highest BCUT2D eigenvalue weighted by Crippen LogP contribution is 2.40. The summed E-state index contributed by atoms with van der Waals surface area (Å²) in [6, 6.07) is 85.2. The van der Waals surface area contributed by atoms with Gasteiger partial charge in [-0.2, -0.15) is 0 Å². The molecule has 3 aromatic heterocycles. The lowest BCUT2D eigenvalue weighted by Crippen LogP contribution is -1.98. The second kappa shape index (κ2) is 17.4. The lowest BCUT2D eigenvalue weighted by atomic mass is 9.94. The van der Waals surface area contributed by atoms with Gasteiger partial charge in [-0.1, -0.05) is 194 Å². The number of hydrogen-bond donors (Lipinski definition) is 0. The second-order valence-corrected chi connectivity index (χ2v) is 17.7. The van der Waals surface area contributed by atoms with E-state index in [2.05, 4.69) is 194 Å². The monoisotopic (exact) mass is 872 g/mol. The minimum atomic E-state index is 0.660. The highest BCUT2D eigenvalue weighted by molar-refractivity contribution is 7.25. The zero-order chi connectivity index (χ0) is 44.5. The van der Waals surface area contributed by atoms with Crippen molar-refractivity contribution >= 4 is 31.5 Å². The fraction of sp³-hybridized carbons (Fsp3) is 0. The lowest BCUT2D eigenvalue weighted by Gasteiger charge is -2.14. The molecule has 9 aromatic carbocycles. The summed E-state index contributed by atoms with van der Waals surface area (Å²) in [5.74, 6) is 1.32. The number of thiophene rings is 1. The largest absolute Gasteiger partial charge is 0.228 e. The summed E-state index contributed by atoms with van der Waals surface area (Å²) in [7, 11) is 0. The molecule has 12 rings (SSSR count). The van der Waals surface area contributed by atoms with E-state index in [1.165, 1.54) is 31.3 Å². The molecular weight excluding hydrogens is 833 g/mol. The summed E-state index contributed by atoms with van der Waals surface area (Å²) >= 11 is 1.83. The number of hydrogen-bond acceptors (Lipinski definition) is 5. The molecule has 0 aliphatic heterocycles. The van der Waals surface area contributed by atoms with E-state index >= 15 is 0 Å². The minimum absolute atomic E-state index is 0.660. The average molecular weight is 873 g/mol. The van der Waals surface area contributed by atoms with E-state index in [-0.39, 0.29) is 0 Å². The second-order valence-electron chi connectivity index (χ2n) is 16.7. The van der Waals surface area contributed by atoms with Crippen LogP contribution in [0.15, 0.2) is 243 Å². The Labute approximate surface area is 393 Å². The molecule has 67 heavy (non-hydrogen) atoms. The van der Waals surface area contributed by atoms with Crippen molar-refractivity contribution in [2.24, 2.45) is 0 Å². The molecule has 0 saturated heterocycles. The van der Waals surface area contributed by atoms with Crippen molar-refractivity contribution in [3.63, 3.8) is 0 Å². The topological polar surface area (TPSA) is 51.6 Å². The van der Waals surface area contributed by atoms with Crippen LogP contribution in [0.1, 0.15) is 0 Å². The summed E-state index contributed by atoms with van der Waals surface area (Å²) in [5, 5.41) is 2.51. The van der Waals surface area contributed by atoms with Gasteiger partial charge in [0.15, 0.2) is 11.6 Å². The van der Waals surface area contributed by atoms with E-state index in [1.54, 1.807) is 0 Å². The SMILES string of the molecule is c1ccc(-c2ccc(-c3cc(-c4cc(-c5ccc6sc7ccccc7c6c5)cc(-c5cc(-c6ccc(-c7ccccc7)cc6)nc(-c6ccccc6)n5)c4)nc(-c4ccccc4)n3)cc2)cc1. The standard InChI is InChI=1S/C62H40N4S/c1-5-15-41(16-6-1)43-25-29-45(30-26-43)55-39-57(65-61(63-55)47-19-9-3-10-20-47)51-35-50(49-33-34-60-54(38-49)53-23-13-14-24-59(53)67-60)36-52(37-51)58-40-56(64-62(66-58)48-21-11-4-12-22-48)46-31-27-44(28-32-46)42-17-7-2-8-18-42/h1-40H. The Balaban J connectivity index is 1.06. The molecule has 0 unspecified atom stereocenters. The van der Waals surface area contributed by atoms with Crippen molar-refractivity contribution in [3.05, 3.63) is 243 Å². The van der Waals surface area contributed by atoms with E-state index in [1.807, 2.05) is 59.9 Å². The lowest BCUT2D eigenvalue weighted by molar-refractivity contribution is 1.18. The molecule has 0 radical (unpaired) electrons. The summed E-state index contributed by atoms with van der Waals surface area (Å²) in [6.07, 6.45) is 0. The van der Waals surface area contributed by atoms with E-state index in [4.69, 9.17) is 19.9 Å². The van der Waals surface area contributed by atoms with E-state index in [0.717, 1.165) is 78.4 Å². The fourth-order valence-electron chi connectivity index (χ4n) is 8.84. The maximum absolute atomic E-state index is 5.34. The molecule has 0 atom stereocenters. The van der Waals surface area contributed by atoms with Crippen LogP contribution in [0.3, 0.4) is 0 Å². The van der Waals surface area contributed by atoms with Gasteiger partial charge < -0.3 is 0 Å². The van der Waals surface area contributed by atoms with Crippen LogP contribution in [-0.2, 0) is 0 Å². The van der Waals surface area contributed by atoms with Crippen LogP contribution in [0.25, 0.3) is 121 Å². The molecule has 0 fully saturated rings. The van der Waals surface area contributed by atoms with Gasteiger partial charge in [0.25, 0.3) is 0 Å².